The molecule has 1 aromatic carbocycles. The first kappa shape index (κ1) is 7.56. The van der Waals surface area contributed by atoms with Crippen molar-refractivity contribution in [3.05, 3.63) is 29.8 Å². The first-order valence-electron chi connectivity index (χ1n) is 3.10. The lowest BCUT2D eigenvalue weighted by Gasteiger charge is -1.98. The lowest BCUT2D eigenvalue weighted by molar-refractivity contribution is 0.0953. The number of amides is 1. The largest absolute Gasteiger partial charge is 0.399 e. The van der Waals surface area contributed by atoms with Gasteiger partial charge < -0.3 is 5.73 Å². The molecule has 0 radical (unpaired) electrons. The van der Waals surface area contributed by atoms with Gasteiger partial charge in [-0.15, -0.1) is 0 Å². The topological polar surface area (TPSA) is 81.1 Å². The molecule has 1 aromatic rings. The van der Waals surface area contributed by atoms with Gasteiger partial charge in [0.1, 0.15) is 0 Å². The Kier molecular flexibility index (Phi) is 2.08. The summed E-state index contributed by atoms with van der Waals surface area (Å²) in [6.45, 7) is 0. The second kappa shape index (κ2) is 3.03. The van der Waals surface area contributed by atoms with E-state index in [2.05, 4.69) is 0 Å². The Hall–Kier alpha value is -1.55. The smallest absolute Gasteiger partial charge is 0.265 e. The van der Waals surface area contributed by atoms with Crippen molar-refractivity contribution in [2.24, 2.45) is 5.84 Å². The number of nitrogens with one attached hydrogen (secondary N) is 1. The highest BCUT2D eigenvalue weighted by Crippen LogP contribution is 2.05. The van der Waals surface area contributed by atoms with E-state index >= 15 is 0 Å². The minimum Gasteiger partial charge on any atom is -0.399 e. The van der Waals surface area contributed by atoms with Crippen LogP contribution in [0, 0.1) is 0 Å². The van der Waals surface area contributed by atoms with E-state index in [1.807, 2.05) is 5.43 Å². The van der Waals surface area contributed by atoms with Crippen molar-refractivity contribution in [2.45, 2.75) is 0 Å². The fourth-order valence-electron chi connectivity index (χ4n) is 0.763. The van der Waals surface area contributed by atoms with Crippen molar-refractivity contribution in [1.29, 1.82) is 0 Å². The van der Waals surface area contributed by atoms with Gasteiger partial charge in [-0.05, 0) is 18.2 Å². The number of benzene rings is 1. The lowest BCUT2D eigenvalue weighted by atomic mass is 10.2. The highest BCUT2D eigenvalue weighted by molar-refractivity contribution is 5.94. The molecule has 4 heteroatoms. The maximum Gasteiger partial charge on any atom is 0.265 e. The summed E-state index contributed by atoms with van der Waals surface area (Å²) in [5.74, 6) is 4.58. The monoisotopic (exact) mass is 151 g/mol. The van der Waals surface area contributed by atoms with Crippen LogP contribution in [-0.2, 0) is 0 Å². The van der Waals surface area contributed by atoms with E-state index in [0.717, 1.165) is 0 Å². The van der Waals surface area contributed by atoms with Crippen LogP contribution >= 0.6 is 0 Å². The van der Waals surface area contributed by atoms with Crippen LogP contribution in [0.25, 0.3) is 0 Å². The Balaban J connectivity index is 2.96. The zero-order chi connectivity index (χ0) is 8.27. The summed E-state index contributed by atoms with van der Waals surface area (Å²) in [7, 11) is 0. The van der Waals surface area contributed by atoms with Gasteiger partial charge in [-0.1, -0.05) is 6.07 Å². The predicted molar refractivity (Wildman–Crippen MR) is 42.5 cm³/mol. The van der Waals surface area contributed by atoms with Gasteiger partial charge >= 0.3 is 0 Å². The summed E-state index contributed by atoms with van der Waals surface area (Å²) in [4.78, 5) is 10.9. The Morgan fingerprint density at radius 1 is 1.45 bits per heavy atom. The van der Waals surface area contributed by atoms with Gasteiger partial charge in [0.25, 0.3) is 5.91 Å². The number of nitrogen functional groups attached to an aromatic ring is 2. The number of anilines is 1. The highest BCUT2D eigenvalue weighted by atomic mass is 16.2. The molecule has 0 spiro atoms. The first-order chi connectivity index (χ1) is 5.24. The predicted octanol–water partition coefficient (Wildman–Crippen LogP) is -0.128. The van der Waals surface area contributed by atoms with E-state index in [1.165, 1.54) is 0 Å². The van der Waals surface area contributed by atoms with E-state index in [-0.39, 0.29) is 5.91 Å². The van der Waals surface area contributed by atoms with Crippen molar-refractivity contribution in [1.82, 2.24) is 5.43 Å². The maximum absolute atomic E-state index is 10.9. The summed E-state index contributed by atoms with van der Waals surface area (Å²) in [6, 6.07) is 6.59. The Morgan fingerprint density at radius 3 is 2.73 bits per heavy atom. The van der Waals surface area contributed by atoms with E-state index in [9.17, 15) is 4.79 Å². The second-order valence-electron chi connectivity index (χ2n) is 2.10. The molecule has 58 valence electrons. The van der Waals surface area contributed by atoms with Crippen LogP contribution in [0.2, 0.25) is 0 Å². The molecule has 5 N–H and O–H groups in total. The molecular formula is C7H9N3O. The van der Waals surface area contributed by atoms with E-state index < -0.39 is 0 Å². The van der Waals surface area contributed by atoms with Crippen molar-refractivity contribution in [3.63, 3.8) is 0 Å². The summed E-state index contributed by atoms with van der Waals surface area (Å²) < 4.78 is 0. The number of nitrogens with two attached hydrogens (primary N) is 2. The van der Waals surface area contributed by atoms with E-state index in [1.54, 1.807) is 24.3 Å². The minimum absolute atomic E-state index is 0.336. The Morgan fingerprint density at radius 2 is 2.18 bits per heavy atom. The van der Waals surface area contributed by atoms with Crippen LogP contribution in [0.1, 0.15) is 10.4 Å². The lowest BCUT2D eigenvalue weighted by Crippen LogP contribution is -2.29. The fourth-order valence-corrected chi connectivity index (χ4v) is 0.763. The Labute approximate surface area is 64.2 Å². The number of hydrogen-bond donors (Lipinski definition) is 3. The number of rotatable bonds is 1. The molecule has 4 nitrogen and oxygen atoms in total. The molecule has 0 saturated carbocycles. The van der Waals surface area contributed by atoms with Gasteiger partial charge in [0.15, 0.2) is 0 Å². The zero-order valence-corrected chi connectivity index (χ0v) is 5.87. The third-order valence-corrected chi connectivity index (χ3v) is 1.28. The molecule has 11 heavy (non-hydrogen) atoms. The summed E-state index contributed by atoms with van der Waals surface area (Å²) in [5, 5.41) is 0. The van der Waals surface area contributed by atoms with Crippen LogP contribution in [-0.4, -0.2) is 5.91 Å². The van der Waals surface area contributed by atoms with E-state index in [0.29, 0.717) is 11.3 Å². The number of hydrazine groups is 1. The van der Waals surface area contributed by atoms with Crippen LogP contribution in [0.3, 0.4) is 0 Å². The number of hydrogen-bond acceptors (Lipinski definition) is 3. The highest BCUT2D eigenvalue weighted by Gasteiger charge is 2.01. The maximum atomic E-state index is 10.9. The standard InChI is InChI=1S/C7H9N3O/c8-6-3-1-2-5(4-6)7(11)10-9/h1-4H,8-9H2,(H,10,11). The van der Waals surface area contributed by atoms with Crippen molar-refractivity contribution in [2.75, 3.05) is 5.73 Å². The van der Waals surface area contributed by atoms with Crippen LogP contribution < -0.4 is 17.0 Å². The normalized spacial score (nSPS) is 9.18. The summed E-state index contributed by atoms with van der Waals surface area (Å²) in [5.41, 5.74) is 8.46. The third kappa shape index (κ3) is 1.68. The molecule has 0 aromatic heterocycles. The molecule has 0 saturated heterocycles. The van der Waals surface area contributed by atoms with Crippen molar-refractivity contribution >= 4 is 11.6 Å². The molecule has 0 aliphatic carbocycles. The van der Waals surface area contributed by atoms with Gasteiger partial charge in [-0.3, -0.25) is 10.2 Å². The molecule has 0 heterocycles. The molecule has 0 unspecified atom stereocenters. The molecular weight excluding hydrogens is 142 g/mol. The minimum atomic E-state index is -0.336. The molecule has 0 bridgehead atoms. The van der Waals surface area contributed by atoms with Gasteiger partial charge in [0.05, 0.1) is 0 Å². The zero-order valence-electron chi connectivity index (χ0n) is 5.87. The third-order valence-electron chi connectivity index (χ3n) is 1.28. The molecule has 0 atom stereocenters. The van der Waals surface area contributed by atoms with Crippen LogP contribution in [0.4, 0.5) is 5.69 Å². The second-order valence-corrected chi connectivity index (χ2v) is 2.10. The van der Waals surface area contributed by atoms with Gasteiger partial charge in [0, 0.05) is 11.3 Å². The fraction of sp³-hybridized carbons (Fsp3) is 0. The van der Waals surface area contributed by atoms with Gasteiger partial charge in [0.2, 0.25) is 0 Å². The summed E-state index contributed by atoms with van der Waals surface area (Å²) in [6.07, 6.45) is 0. The SMILES string of the molecule is NNC(=O)c1cccc(N)c1. The quantitative estimate of drug-likeness (QED) is 0.226. The molecule has 0 fully saturated rings. The van der Waals surface area contributed by atoms with Crippen molar-refractivity contribution < 1.29 is 4.79 Å². The average Bonchev–Trinajstić information content (AvgIpc) is 2.03. The number of carbonyl (C=O) groups is 1. The summed E-state index contributed by atoms with van der Waals surface area (Å²) >= 11 is 0. The van der Waals surface area contributed by atoms with Gasteiger partial charge in [-0.25, -0.2) is 5.84 Å². The molecule has 0 aliphatic heterocycles. The van der Waals surface area contributed by atoms with Crippen LogP contribution in [0.15, 0.2) is 24.3 Å². The molecule has 1 rings (SSSR count). The molecule has 1 amide bonds. The number of carbonyl (C=O) groups excluding carboxylic acids is 1. The molecule has 0 aliphatic rings. The van der Waals surface area contributed by atoms with E-state index in [4.69, 9.17) is 11.6 Å². The average molecular weight is 151 g/mol. The Bertz CT molecular complexity index is 272. The first-order valence-corrected chi connectivity index (χ1v) is 3.10. The van der Waals surface area contributed by atoms with Crippen molar-refractivity contribution in [3.8, 4) is 0 Å². The van der Waals surface area contributed by atoms with Crippen LogP contribution in [0.5, 0.6) is 0 Å². The van der Waals surface area contributed by atoms with Gasteiger partial charge in [-0.2, -0.15) is 0 Å².